The number of nitrogens with zero attached hydrogens (tertiary/aromatic N) is 4. The summed E-state index contributed by atoms with van der Waals surface area (Å²) in [6, 6.07) is 16.0. The summed E-state index contributed by atoms with van der Waals surface area (Å²) in [5.41, 5.74) is 4.20. The molecule has 0 aliphatic heterocycles. The maximum atomic E-state index is 12.7. The number of carbonyl (C=O) groups is 1. The van der Waals surface area contributed by atoms with E-state index in [9.17, 15) is 4.79 Å². The lowest BCUT2D eigenvalue weighted by molar-refractivity contribution is -0.113. The molecule has 1 N–H and O–H groups in total. The highest BCUT2D eigenvalue weighted by Crippen LogP contribution is 2.32. The molecule has 0 spiro atoms. The number of tetrazole rings is 1. The molecule has 1 heterocycles. The average Bonchev–Trinajstić information content (AvgIpc) is 3.17. The maximum Gasteiger partial charge on any atom is 0.234 e. The highest BCUT2D eigenvalue weighted by Gasteiger charge is 2.16. The van der Waals surface area contributed by atoms with Crippen molar-refractivity contribution in [3.63, 3.8) is 0 Å². The molecular weight excluding hydrogens is 382 g/mol. The van der Waals surface area contributed by atoms with E-state index >= 15 is 0 Å². The molecule has 7 heteroatoms. The van der Waals surface area contributed by atoms with Gasteiger partial charge in [0.1, 0.15) is 0 Å². The first-order valence-corrected chi connectivity index (χ1v) is 11.0. The number of hydrogen-bond acceptors (Lipinski definition) is 5. The molecule has 0 unspecified atom stereocenters. The number of rotatable bonds is 8. The molecule has 0 saturated carbocycles. The van der Waals surface area contributed by atoms with Gasteiger partial charge in [-0.2, -0.15) is 4.68 Å². The van der Waals surface area contributed by atoms with Crippen molar-refractivity contribution in [1.82, 2.24) is 20.2 Å². The molecular formula is C22H27N5OS. The summed E-state index contributed by atoms with van der Waals surface area (Å²) < 4.78 is 1.70. The third-order valence-electron chi connectivity index (χ3n) is 4.64. The fraction of sp³-hybridized carbons (Fsp3) is 0.364. The van der Waals surface area contributed by atoms with E-state index < -0.39 is 0 Å². The first-order chi connectivity index (χ1) is 14.0. The van der Waals surface area contributed by atoms with Gasteiger partial charge in [-0.3, -0.25) is 4.79 Å². The summed E-state index contributed by atoms with van der Waals surface area (Å²) in [4.78, 5) is 12.7. The van der Waals surface area contributed by atoms with Crippen LogP contribution < -0.4 is 5.32 Å². The van der Waals surface area contributed by atoms with Crippen LogP contribution in [0.2, 0.25) is 0 Å². The second-order valence-electron chi connectivity index (χ2n) is 7.50. The van der Waals surface area contributed by atoms with Gasteiger partial charge in [0, 0.05) is 5.69 Å². The van der Waals surface area contributed by atoms with Crippen molar-refractivity contribution in [1.29, 1.82) is 0 Å². The predicted octanol–water partition coefficient (Wildman–Crippen LogP) is 4.78. The average molecular weight is 410 g/mol. The smallest absolute Gasteiger partial charge is 0.234 e. The Morgan fingerprint density at radius 3 is 2.28 bits per heavy atom. The number of carbonyl (C=O) groups excluding carboxylic acids is 1. The summed E-state index contributed by atoms with van der Waals surface area (Å²) in [7, 11) is 0. The molecule has 1 aromatic heterocycles. The van der Waals surface area contributed by atoms with E-state index in [1.807, 2.05) is 30.3 Å². The van der Waals surface area contributed by atoms with Gasteiger partial charge in [-0.05, 0) is 45.5 Å². The van der Waals surface area contributed by atoms with Crippen molar-refractivity contribution in [2.24, 2.45) is 0 Å². The van der Waals surface area contributed by atoms with Gasteiger partial charge >= 0.3 is 0 Å². The standard InChI is InChI=1S/C22H27N5OS/c1-15(2)18-11-8-12-19(16(3)4)22(18)23-21(28)14-29-13-20-24-25-26-27(20)17-9-6-5-7-10-17/h5-12,15-16H,13-14H2,1-4H3,(H,23,28). The Bertz CT molecular complexity index is 927. The van der Waals surface area contributed by atoms with Crippen LogP contribution in [-0.2, 0) is 10.5 Å². The van der Waals surface area contributed by atoms with Crippen molar-refractivity contribution in [3.8, 4) is 5.69 Å². The highest BCUT2D eigenvalue weighted by atomic mass is 32.2. The first-order valence-electron chi connectivity index (χ1n) is 9.80. The number of hydrogen-bond donors (Lipinski definition) is 1. The van der Waals surface area contributed by atoms with Crippen LogP contribution in [0.4, 0.5) is 5.69 Å². The minimum atomic E-state index is -0.0104. The van der Waals surface area contributed by atoms with Crippen LogP contribution in [0, 0.1) is 0 Å². The fourth-order valence-corrected chi connectivity index (χ4v) is 3.89. The van der Waals surface area contributed by atoms with Gasteiger partial charge in [-0.25, -0.2) is 0 Å². The van der Waals surface area contributed by atoms with Gasteiger partial charge in [0.25, 0.3) is 0 Å². The van der Waals surface area contributed by atoms with E-state index in [4.69, 9.17) is 0 Å². The molecule has 0 bridgehead atoms. The topological polar surface area (TPSA) is 72.7 Å². The van der Waals surface area contributed by atoms with Crippen molar-refractivity contribution in [2.75, 3.05) is 11.1 Å². The molecule has 0 aliphatic carbocycles. The van der Waals surface area contributed by atoms with Crippen LogP contribution in [-0.4, -0.2) is 31.9 Å². The Morgan fingerprint density at radius 1 is 1.00 bits per heavy atom. The van der Waals surface area contributed by atoms with E-state index in [1.54, 1.807) is 4.68 Å². The van der Waals surface area contributed by atoms with E-state index in [2.05, 4.69) is 66.7 Å². The Hall–Kier alpha value is -2.67. The summed E-state index contributed by atoms with van der Waals surface area (Å²) in [6.45, 7) is 8.58. The monoisotopic (exact) mass is 409 g/mol. The van der Waals surface area contributed by atoms with Crippen LogP contribution in [0.3, 0.4) is 0 Å². The van der Waals surface area contributed by atoms with Gasteiger partial charge in [0.15, 0.2) is 5.82 Å². The number of anilines is 1. The second-order valence-corrected chi connectivity index (χ2v) is 8.49. The van der Waals surface area contributed by atoms with Gasteiger partial charge in [0.2, 0.25) is 5.91 Å². The third-order valence-corrected chi connectivity index (χ3v) is 5.57. The number of nitrogens with one attached hydrogen (secondary N) is 1. The first kappa shape index (κ1) is 21.0. The largest absolute Gasteiger partial charge is 0.325 e. The van der Waals surface area contributed by atoms with E-state index in [0.717, 1.165) is 17.2 Å². The van der Waals surface area contributed by atoms with E-state index in [0.29, 0.717) is 23.3 Å². The summed E-state index contributed by atoms with van der Waals surface area (Å²) in [5.74, 6) is 2.28. The molecule has 3 aromatic rings. The number of amides is 1. The zero-order valence-electron chi connectivity index (χ0n) is 17.3. The van der Waals surface area contributed by atoms with Crippen molar-refractivity contribution >= 4 is 23.4 Å². The number of para-hydroxylation sites is 2. The zero-order chi connectivity index (χ0) is 20.8. The van der Waals surface area contributed by atoms with Gasteiger partial charge in [-0.1, -0.05) is 64.1 Å². The minimum Gasteiger partial charge on any atom is -0.325 e. The molecule has 3 rings (SSSR count). The molecule has 0 fully saturated rings. The van der Waals surface area contributed by atoms with Crippen LogP contribution in [0.15, 0.2) is 48.5 Å². The molecule has 0 saturated heterocycles. The Labute approximate surface area is 176 Å². The maximum absolute atomic E-state index is 12.7. The predicted molar refractivity (Wildman–Crippen MR) is 119 cm³/mol. The lowest BCUT2D eigenvalue weighted by atomic mass is 9.92. The number of aromatic nitrogens is 4. The zero-order valence-corrected chi connectivity index (χ0v) is 18.1. The Balaban J connectivity index is 1.64. The van der Waals surface area contributed by atoms with Gasteiger partial charge < -0.3 is 5.32 Å². The summed E-state index contributed by atoms with van der Waals surface area (Å²) >= 11 is 1.50. The fourth-order valence-electron chi connectivity index (χ4n) is 3.17. The molecule has 0 atom stereocenters. The minimum absolute atomic E-state index is 0.0104. The molecule has 152 valence electrons. The molecule has 6 nitrogen and oxygen atoms in total. The van der Waals surface area contributed by atoms with Crippen molar-refractivity contribution < 1.29 is 4.79 Å². The molecule has 0 aliphatic rings. The van der Waals surface area contributed by atoms with Gasteiger partial charge in [-0.15, -0.1) is 16.9 Å². The van der Waals surface area contributed by atoms with Crippen LogP contribution in [0.25, 0.3) is 5.69 Å². The molecule has 2 aromatic carbocycles. The van der Waals surface area contributed by atoms with Crippen LogP contribution >= 0.6 is 11.8 Å². The lowest BCUT2D eigenvalue weighted by Crippen LogP contribution is -2.18. The molecule has 29 heavy (non-hydrogen) atoms. The molecule has 0 radical (unpaired) electrons. The van der Waals surface area contributed by atoms with E-state index in [1.165, 1.54) is 22.9 Å². The van der Waals surface area contributed by atoms with Crippen LogP contribution in [0.1, 0.15) is 56.5 Å². The number of benzene rings is 2. The Morgan fingerprint density at radius 2 is 1.66 bits per heavy atom. The summed E-state index contributed by atoms with van der Waals surface area (Å²) in [6.07, 6.45) is 0. The molecule has 1 amide bonds. The normalized spacial score (nSPS) is 11.2. The second kappa shape index (κ2) is 9.69. The van der Waals surface area contributed by atoms with E-state index in [-0.39, 0.29) is 5.91 Å². The quantitative estimate of drug-likeness (QED) is 0.579. The SMILES string of the molecule is CC(C)c1cccc(C(C)C)c1NC(=O)CSCc1nnnn1-c1ccccc1. The Kier molecular flexibility index (Phi) is 7.04. The van der Waals surface area contributed by atoms with Gasteiger partial charge in [0.05, 0.1) is 17.2 Å². The highest BCUT2D eigenvalue weighted by molar-refractivity contribution is 7.99. The summed E-state index contributed by atoms with van der Waals surface area (Å²) in [5, 5.41) is 15.1. The van der Waals surface area contributed by atoms with Crippen molar-refractivity contribution in [3.05, 3.63) is 65.5 Å². The lowest BCUT2D eigenvalue weighted by Gasteiger charge is -2.20. The number of thioether (sulfide) groups is 1. The van der Waals surface area contributed by atoms with Crippen molar-refractivity contribution in [2.45, 2.75) is 45.3 Å². The van der Waals surface area contributed by atoms with Crippen LogP contribution in [0.5, 0.6) is 0 Å². The third kappa shape index (κ3) is 5.23.